The number of rotatable bonds is 0. The molecule has 2 N–H and O–H groups in total. The van der Waals surface area contributed by atoms with E-state index in [1.54, 1.807) is 0 Å². The normalized spacial score (nSPS) is 19.6. The number of hydrogen-bond acceptors (Lipinski definition) is 5. The van der Waals surface area contributed by atoms with E-state index in [4.69, 9.17) is 10.3 Å². The molecule has 2 heterocycles. The minimum Gasteiger partial charge on any atom is -0.453 e. The van der Waals surface area contributed by atoms with Gasteiger partial charge in [0.25, 0.3) is 0 Å². The van der Waals surface area contributed by atoms with Crippen LogP contribution in [0.2, 0.25) is 0 Å². The second kappa shape index (κ2) is 2.90. The number of nitrogens with two attached hydrogens (primary N) is 1. The highest BCUT2D eigenvalue weighted by Crippen LogP contribution is 2.36. The Morgan fingerprint density at radius 1 is 1.79 bits per heavy atom. The maximum atomic E-state index is 11.3. The molecule has 76 valence electrons. The molecule has 1 atom stereocenters. The fourth-order valence-corrected chi connectivity index (χ4v) is 1.69. The summed E-state index contributed by atoms with van der Waals surface area (Å²) in [5.41, 5.74) is 6.39. The molecule has 0 aromatic carbocycles. The second-order valence-corrected chi connectivity index (χ2v) is 3.18. The first-order chi connectivity index (χ1) is 6.65. The van der Waals surface area contributed by atoms with Gasteiger partial charge in [-0.2, -0.15) is 0 Å². The minimum atomic E-state index is -0.386. The number of ether oxygens (including phenoxy) is 1. The predicted octanol–water partition coefficient (Wildman–Crippen LogP) is 0.900. The van der Waals surface area contributed by atoms with Gasteiger partial charge >= 0.3 is 6.09 Å². The van der Waals surface area contributed by atoms with Crippen LogP contribution in [0.25, 0.3) is 0 Å². The molecule has 1 amide bonds. The zero-order chi connectivity index (χ0) is 10.3. The Kier molecular flexibility index (Phi) is 1.83. The van der Waals surface area contributed by atoms with Crippen LogP contribution in [0.4, 0.5) is 10.6 Å². The molecule has 0 saturated carbocycles. The van der Waals surface area contributed by atoms with E-state index in [1.807, 2.05) is 6.92 Å². The molecule has 2 rings (SSSR count). The van der Waals surface area contributed by atoms with E-state index in [9.17, 15) is 4.79 Å². The Morgan fingerprint density at radius 2 is 2.50 bits per heavy atom. The van der Waals surface area contributed by atoms with Crippen molar-refractivity contribution in [3.05, 3.63) is 11.3 Å². The zero-order valence-corrected chi connectivity index (χ0v) is 7.98. The van der Waals surface area contributed by atoms with Gasteiger partial charge in [-0.25, -0.2) is 4.79 Å². The molecule has 0 bridgehead atoms. The van der Waals surface area contributed by atoms with Crippen LogP contribution in [0.1, 0.15) is 24.3 Å². The average molecular weight is 197 g/mol. The molecule has 0 spiro atoms. The SMILES string of the molecule is COC(=O)N1Cc2onc(N)c2C1C. The Labute approximate surface area is 80.6 Å². The van der Waals surface area contributed by atoms with Gasteiger partial charge in [0.2, 0.25) is 0 Å². The van der Waals surface area contributed by atoms with Crippen molar-refractivity contribution >= 4 is 11.9 Å². The molecule has 1 aliphatic heterocycles. The van der Waals surface area contributed by atoms with Crippen molar-refractivity contribution in [1.29, 1.82) is 0 Å². The largest absolute Gasteiger partial charge is 0.453 e. The van der Waals surface area contributed by atoms with E-state index in [0.29, 0.717) is 18.1 Å². The monoisotopic (exact) mass is 197 g/mol. The van der Waals surface area contributed by atoms with Crippen LogP contribution in [-0.2, 0) is 11.3 Å². The van der Waals surface area contributed by atoms with Gasteiger partial charge in [-0.05, 0) is 6.92 Å². The smallest absolute Gasteiger partial charge is 0.410 e. The van der Waals surface area contributed by atoms with Crippen molar-refractivity contribution in [1.82, 2.24) is 10.1 Å². The van der Waals surface area contributed by atoms with E-state index in [2.05, 4.69) is 9.89 Å². The summed E-state index contributed by atoms with van der Waals surface area (Å²) in [6, 6.07) is -0.135. The Bertz CT molecular complexity index is 374. The zero-order valence-electron chi connectivity index (χ0n) is 7.98. The summed E-state index contributed by atoms with van der Waals surface area (Å²) >= 11 is 0. The molecule has 0 fully saturated rings. The fraction of sp³-hybridized carbons (Fsp3) is 0.500. The highest BCUT2D eigenvalue weighted by atomic mass is 16.5. The standard InChI is InChI=1S/C8H11N3O3/c1-4-6-5(14-10-7(6)9)3-11(4)8(12)13-2/h4H,3H2,1-2H3,(H2,9,10). The van der Waals surface area contributed by atoms with Gasteiger partial charge in [-0.1, -0.05) is 5.16 Å². The quantitative estimate of drug-likeness (QED) is 0.668. The first-order valence-electron chi connectivity index (χ1n) is 4.23. The molecule has 1 aromatic heterocycles. The van der Waals surface area contributed by atoms with Gasteiger partial charge in [-0.15, -0.1) is 0 Å². The molecule has 1 unspecified atom stereocenters. The van der Waals surface area contributed by atoms with Gasteiger partial charge < -0.3 is 15.0 Å². The summed E-state index contributed by atoms with van der Waals surface area (Å²) < 4.78 is 9.61. The topological polar surface area (TPSA) is 81.6 Å². The van der Waals surface area contributed by atoms with Crippen LogP contribution >= 0.6 is 0 Å². The lowest BCUT2D eigenvalue weighted by atomic mass is 10.2. The number of nitrogen functional groups attached to an aromatic ring is 1. The third-order valence-electron chi connectivity index (χ3n) is 2.44. The minimum absolute atomic E-state index is 0.135. The number of carbonyl (C=O) groups excluding carboxylic acids is 1. The number of aromatic nitrogens is 1. The van der Waals surface area contributed by atoms with E-state index < -0.39 is 0 Å². The van der Waals surface area contributed by atoms with Crippen LogP contribution < -0.4 is 5.73 Å². The number of amides is 1. The molecular formula is C8H11N3O3. The second-order valence-electron chi connectivity index (χ2n) is 3.18. The highest BCUT2D eigenvalue weighted by molar-refractivity contribution is 5.70. The lowest BCUT2D eigenvalue weighted by Gasteiger charge is -2.19. The summed E-state index contributed by atoms with van der Waals surface area (Å²) in [5.74, 6) is 0.985. The molecule has 1 aliphatic rings. The van der Waals surface area contributed by atoms with E-state index in [0.717, 1.165) is 5.56 Å². The summed E-state index contributed by atoms with van der Waals surface area (Å²) in [4.78, 5) is 12.8. The lowest BCUT2D eigenvalue weighted by molar-refractivity contribution is 0.109. The van der Waals surface area contributed by atoms with Crippen LogP contribution in [0.15, 0.2) is 4.52 Å². The van der Waals surface area contributed by atoms with E-state index in [1.165, 1.54) is 12.0 Å². The van der Waals surface area contributed by atoms with E-state index >= 15 is 0 Å². The van der Waals surface area contributed by atoms with Gasteiger partial charge in [-0.3, -0.25) is 4.90 Å². The van der Waals surface area contributed by atoms with Crippen LogP contribution in [-0.4, -0.2) is 23.3 Å². The van der Waals surface area contributed by atoms with Gasteiger partial charge in [0.1, 0.15) is 0 Å². The fourth-order valence-electron chi connectivity index (χ4n) is 1.69. The number of hydrogen-bond donors (Lipinski definition) is 1. The van der Waals surface area contributed by atoms with Crippen LogP contribution in [0, 0.1) is 0 Å². The van der Waals surface area contributed by atoms with Gasteiger partial charge in [0.15, 0.2) is 11.6 Å². The summed E-state index contributed by atoms with van der Waals surface area (Å²) in [7, 11) is 1.34. The Balaban J connectivity index is 2.30. The van der Waals surface area contributed by atoms with Crippen molar-refractivity contribution < 1.29 is 14.1 Å². The maximum Gasteiger partial charge on any atom is 0.410 e. The molecule has 0 saturated heterocycles. The van der Waals surface area contributed by atoms with Crippen LogP contribution in [0.5, 0.6) is 0 Å². The number of carbonyl (C=O) groups is 1. The average Bonchev–Trinajstić information content (AvgIpc) is 2.68. The van der Waals surface area contributed by atoms with Crippen molar-refractivity contribution in [2.24, 2.45) is 0 Å². The molecule has 1 aromatic rings. The van der Waals surface area contributed by atoms with Crippen molar-refractivity contribution in [3.63, 3.8) is 0 Å². The van der Waals surface area contributed by atoms with Crippen molar-refractivity contribution in [3.8, 4) is 0 Å². The summed E-state index contributed by atoms with van der Waals surface area (Å²) in [6.45, 7) is 2.23. The molecule has 0 aliphatic carbocycles. The van der Waals surface area contributed by atoms with E-state index in [-0.39, 0.29) is 12.1 Å². The Morgan fingerprint density at radius 3 is 3.07 bits per heavy atom. The number of methoxy groups -OCH3 is 1. The highest BCUT2D eigenvalue weighted by Gasteiger charge is 2.36. The number of anilines is 1. The molecule has 6 heteroatoms. The van der Waals surface area contributed by atoms with Crippen molar-refractivity contribution in [2.45, 2.75) is 19.5 Å². The van der Waals surface area contributed by atoms with Gasteiger partial charge in [0.05, 0.1) is 25.3 Å². The first-order valence-corrected chi connectivity index (χ1v) is 4.23. The molecular weight excluding hydrogens is 186 g/mol. The Hall–Kier alpha value is -1.72. The first kappa shape index (κ1) is 8.86. The predicted molar refractivity (Wildman–Crippen MR) is 47.3 cm³/mol. The third-order valence-corrected chi connectivity index (χ3v) is 2.44. The number of nitrogens with zero attached hydrogens (tertiary/aromatic N) is 2. The maximum absolute atomic E-state index is 11.3. The summed E-state index contributed by atoms with van der Waals surface area (Å²) in [5, 5.41) is 3.63. The molecule has 6 nitrogen and oxygen atoms in total. The lowest BCUT2D eigenvalue weighted by Crippen LogP contribution is -2.28. The molecule has 14 heavy (non-hydrogen) atoms. The van der Waals surface area contributed by atoms with Crippen LogP contribution in [0.3, 0.4) is 0 Å². The number of fused-ring (bicyclic) bond motifs is 1. The van der Waals surface area contributed by atoms with Gasteiger partial charge in [0, 0.05) is 0 Å². The van der Waals surface area contributed by atoms with Crippen molar-refractivity contribution in [2.75, 3.05) is 12.8 Å². The third kappa shape index (κ3) is 1.03. The summed E-state index contributed by atoms with van der Waals surface area (Å²) in [6.07, 6.45) is -0.386. The molecule has 0 radical (unpaired) electrons.